The van der Waals surface area contributed by atoms with Gasteiger partial charge in [-0.3, -0.25) is 4.79 Å². The molecule has 8 heteroatoms. The molecule has 2 aromatic carbocycles. The highest BCUT2D eigenvalue weighted by molar-refractivity contribution is 7.89. The second kappa shape index (κ2) is 7.82. The fraction of sp³-hybridized carbons (Fsp3) is 0.118. The number of primary sulfonamides is 1. The van der Waals surface area contributed by atoms with E-state index in [0.717, 1.165) is 17.4 Å². The summed E-state index contributed by atoms with van der Waals surface area (Å²) in [5.41, 5.74) is 1.42. The van der Waals surface area contributed by atoms with Crippen LogP contribution in [-0.4, -0.2) is 24.7 Å². The number of aromatic nitrogens is 2. The Bertz CT molecular complexity index is 1020. The maximum Gasteiger partial charge on any atom is 0.258 e. The molecule has 0 saturated carbocycles. The van der Waals surface area contributed by atoms with Crippen molar-refractivity contribution in [1.82, 2.24) is 9.97 Å². The largest absolute Gasteiger partial charge is 0.313 e. The molecule has 0 bridgehead atoms. The monoisotopic (exact) mass is 359 g/mol. The van der Waals surface area contributed by atoms with E-state index in [4.69, 9.17) is 5.14 Å². The summed E-state index contributed by atoms with van der Waals surface area (Å²) in [5, 5.41) is 5.55. The van der Waals surface area contributed by atoms with E-state index in [2.05, 4.69) is 9.97 Å². The zero-order valence-electron chi connectivity index (χ0n) is 13.4. The van der Waals surface area contributed by atoms with E-state index in [0.29, 0.717) is 5.39 Å². The number of nitrogens with two attached hydrogens (primary N) is 1. The minimum atomic E-state index is -3.64. The molecule has 1 heterocycles. The Morgan fingerprint density at radius 2 is 1.76 bits per heavy atom. The van der Waals surface area contributed by atoms with Crippen LogP contribution in [0.25, 0.3) is 10.9 Å². The van der Waals surface area contributed by atoms with Crippen molar-refractivity contribution in [3.05, 3.63) is 70.8 Å². The number of aldehydes is 1. The van der Waals surface area contributed by atoms with Gasteiger partial charge in [-0.15, -0.1) is 0 Å². The van der Waals surface area contributed by atoms with Gasteiger partial charge in [-0.1, -0.05) is 31.2 Å². The van der Waals surface area contributed by atoms with Crippen molar-refractivity contribution in [3.8, 4) is 0 Å². The predicted octanol–water partition coefficient (Wildman–Crippen LogP) is 1.56. The van der Waals surface area contributed by atoms with Crippen molar-refractivity contribution < 1.29 is 13.2 Å². The van der Waals surface area contributed by atoms with E-state index in [-0.39, 0.29) is 16.4 Å². The first-order chi connectivity index (χ1) is 11.8. The molecule has 0 spiro atoms. The first kappa shape index (κ1) is 18.5. The van der Waals surface area contributed by atoms with Crippen LogP contribution in [0, 0.1) is 0 Å². The minimum Gasteiger partial charge on any atom is -0.313 e. The van der Waals surface area contributed by atoms with Gasteiger partial charge in [0.25, 0.3) is 5.56 Å². The van der Waals surface area contributed by atoms with Crippen LogP contribution < -0.4 is 10.7 Å². The molecule has 0 aliphatic heterocycles. The normalized spacial score (nSPS) is 12.1. The highest BCUT2D eigenvalue weighted by Crippen LogP contribution is 2.15. The highest BCUT2D eigenvalue weighted by atomic mass is 32.2. The maximum absolute atomic E-state index is 11.1. The fourth-order valence-corrected chi connectivity index (χ4v) is 2.57. The first-order valence-electron chi connectivity index (χ1n) is 7.33. The lowest BCUT2D eigenvalue weighted by Gasteiger charge is -2.04. The van der Waals surface area contributed by atoms with Crippen molar-refractivity contribution in [2.75, 3.05) is 0 Å². The molecule has 7 nitrogen and oxygen atoms in total. The second-order valence-corrected chi connectivity index (χ2v) is 6.85. The quantitative estimate of drug-likeness (QED) is 0.687. The van der Waals surface area contributed by atoms with Crippen LogP contribution in [0.2, 0.25) is 0 Å². The van der Waals surface area contributed by atoms with Crippen molar-refractivity contribution in [2.45, 2.75) is 17.7 Å². The summed E-state index contributed by atoms with van der Waals surface area (Å²) >= 11 is 0. The molecule has 25 heavy (non-hydrogen) atoms. The molecule has 0 saturated heterocycles. The number of fused-ring (bicyclic) bond motifs is 1. The van der Waals surface area contributed by atoms with Gasteiger partial charge in [-0.2, -0.15) is 0 Å². The van der Waals surface area contributed by atoms with Gasteiger partial charge in [0.2, 0.25) is 10.0 Å². The van der Waals surface area contributed by atoms with Crippen LogP contribution in [0.4, 0.5) is 0 Å². The lowest BCUT2D eigenvalue weighted by atomic mass is 10.0. The van der Waals surface area contributed by atoms with Crippen LogP contribution in [0.5, 0.6) is 0 Å². The molecule has 0 fully saturated rings. The third-order valence-electron chi connectivity index (χ3n) is 3.49. The zero-order chi connectivity index (χ0) is 18.4. The van der Waals surface area contributed by atoms with Crippen LogP contribution in [0.1, 0.15) is 18.4 Å². The molecule has 1 atom stereocenters. The zero-order valence-corrected chi connectivity index (χ0v) is 14.2. The topological polar surface area (TPSA) is 123 Å². The number of rotatable bonds is 3. The van der Waals surface area contributed by atoms with Gasteiger partial charge >= 0.3 is 0 Å². The molecule has 3 rings (SSSR count). The van der Waals surface area contributed by atoms with Gasteiger partial charge in [-0.25, -0.2) is 18.5 Å². The molecule has 1 aromatic heterocycles. The molecule has 0 radical (unpaired) electrons. The smallest absolute Gasteiger partial charge is 0.258 e. The van der Waals surface area contributed by atoms with Crippen molar-refractivity contribution in [2.24, 2.45) is 5.14 Å². The van der Waals surface area contributed by atoms with Gasteiger partial charge < -0.3 is 9.78 Å². The van der Waals surface area contributed by atoms with Gasteiger partial charge in [0.05, 0.1) is 22.1 Å². The highest BCUT2D eigenvalue weighted by Gasteiger charge is 2.08. The molecule has 130 valence electrons. The Hall–Kier alpha value is -2.84. The Balaban J connectivity index is 0.000000185. The Morgan fingerprint density at radius 3 is 2.32 bits per heavy atom. The Morgan fingerprint density at radius 1 is 1.12 bits per heavy atom. The number of H-pyrrole nitrogens is 1. The summed E-state index contributed by atoms with van der Waals surface area (Å²) in [6, 6.07) is 13.2. The number of hydrogen-bond acceptors (Lipinski definition) is 5. The average Bonchev–Trinajstić information content (AvgIpc) is 2.61. The van der Waals surface area contributed by atoms with Crippen molar-refractivity contribution >= 4 is 27.2 Å². The molecule has 0 aliphatic carbocycles. The number of sulfonamides is 1. The number of carbonyl (C=O) groups is 1. The van der Waals surface area contributed by atoms with E-state index in [1.54, 1.807) is 25.1 Å². The lowest BCUT2D eigenvalue weighted by Crippen LogP contribution is -2.12. The SMILES string of the molecule is CC(C=O)c1ccc(S(N)(=O)=O)cc1.O=c1[nH]cnc2ccccc12. The number of aromatic amines is 1. The van der Waals surface area contributed by atoms with E-state index in [1.807, 2.05) is 18.2 Å². The van der Waals surface area contributed by atoms with Crippen molar-refractivity contribution in [1.29, 1.82) is 0 Å². The molecule has 3 N–H and O–H groups in total. The third-order valence-corrected chi connectivity index (χ3v) is 4.42. The van der Waals surface area contributed by atoms with Gasteiger partial charge in [0.1, 0.15) is 6.29 Å². The van der Waals surface area contributed by atoms with Crippen LogP contribution in [0.3, 0.4) is 0 Å². The summed E-state index contributed by atoms with van der Waals surface area (Å²) < 4.78 is 21.8. The second-order valence-electron chi connectivity index (χ2n) is 5.29. The number of benzene rings is 2. The van der Waals surface area contributed by atoms with Gasteiger partial charge in [-0.05, 0) is 29.8 Å². The summed E-state index contributed by atoms with van der Waals surface area (Å²) in [7, 11) is -3.64. The number of nitrogens with one attached hydrogen (secondary N) is 1. The number of nitrogens with zero attached hydrogens (tertiary/aromatic N) is 1. The molecule has 0 amide bonds. The van der Waals surface area contributed by atoms with E-state index >= 15 is 0 Å². The maximum atomic E-state index is 11.1. The summed E-state index contributed by atoms with van der Waals surface area (Å²) in [6.45, 7) is 1.74. The van der Waals surface area contributed by atoms with Crippen LogP contribution in [-0.2, 0) is 14.8 Å². The standard InChI is InChI=1S/C9H11NO3S.C8H6N2O/c1-7(6-11)8-2-4-9(5-3-8)14(10,12)13;11-8-6-3-1-2-4-7(6)9-5-10-8/h2-7H,1H3,(H2,10,12,13);1-5H,(H,9,10,11). The molecular formula is C17H17N3O4S. The molecule has 3 aromatic rings. The first-order valence-corrected chi connectivity index (χ1v) is 8.88. The van der Waals surface area contributed by atoms with E-state index in [9.17, 15) is 18.0 Å². The van der Waals surface area contributed by atoms with E-state index in [1.165, 1.54) is 18.5 Å². The molecule has 1 unspecified atom stereocenters. The van der Waals surface area contributed by atoms with Gasteiger partial charge in [0, 0.05) is 5.92 Å². The summed E-state index contributed by atoms with van der Waals surface area (Å²) in [4.78, 5) is 28.1. The van der Waals surface area contributed by atoms with Crippen molar-refractivity contribution in [3.63, 3.8) is 0 Å². The molecular weight excluding hydrogens is 342 g/mol. The molecule has 0 aliphatic rings. The fourth-order valence-electron chi connectivity index (χ4n) is 2.06. The average molecular weight is 359 g/mol. The predicted molar refractivity (Wildman–Crippen MR) is 94.7 cm³/mol. The summed E-state index contributed by atoms with van der Waals surface area (Å²) in [6.07, 6.45) is 2.20. The van der Waals surface area contributed by atoms with Gasteiger partial charge in [0.15, 0.2) is 0 Å². The number of hydrogen-bond donors (Lipinski definition) is 2. The van der Waals surface area contributed by atoms with E-state index < -0.39 is 10.0 Å². The minimum absolute atomic E-state index is 0.0550. The third kappa shape index (κ3) is 4.82. The van der Waals surface area contributed by atoms with Crippen LogP contribution >= 0.6 is 0 Å². The Kier molecular flexibility index (Phi) is 5.79. The Labute approximate surface area is 144 Å². The van der Waals surface area contributed by atoms with Crippen LogP contribution in [0.15, 0.2) is 64.5 Å². The lowest BCUT2D eigenvalue weighted by molar-refractivity contribution is -0.108. The summed E-state index contributed by atoms with van der Waals surface area (Å²) in [5.74, 6) is -0.232. The number of carbonyl (C=O) groups excluding carboxylic acids is 1. The number of para-hydroxylation sites is 1.